The van der Waals surface area contributed by atoms with Gasteiger partial charge in [0.25, 0.3) is 5.91 Å². The van der Waals surface area contributed by atoms with Gasteiger partial charge >= 0.3 is 5.97 Å². The maximum Gasteiger partial charge on any atom is 0.309 e. The highest BCUT2D eigenvalue weighted by atomic mass is 16.5. The molecule has 1 atom stereocenters. The van der Waals surface area contributed by atoms with E-state index in [1.807, 2.05) is 31.2 Å². The van der Waals surface area contributed by atoms with E-state index in [4.69, 9.17) is 4.74 Å². The molecule has 0 aliphatic carbocycles. The number of hydrogen-bond acceptors (Lipinski definition) is 3. The number of ether oxygens (including phenoxy) is 1. The molecular weight excluding hydrogens is 254 g/mol. The van der Waals surface area contributed by atoms with Gasteiger partial charge in [-0.25, -0.2) is 0 Å². The van der Waals surface area contributed by atoms with Crippen LogP contribution in [0.4, 0.5) is 5.69 Å². The molecule has 0 heterocycles. The number of carbonyl (C=O) groups excluding carboxylic acids is 2. The first-order valence-corrected chi connectivity index (χ1v) is 7.00. The average molecular weight is 277 g/mol. The van der Waals surface area contributed by atoms with Gasteiger partial charge in [-0.15, -0.1) is 0 Å². The highest BCUT2D eigenvalue weighted by molar-refractivity contribution is 5.92. The van der Waals surface area contributed by atoms with Crippen LogP contribution in [0.5, 0.6) is 0 Å². The third kappa shape index (κ3) is 5.03. The summed E-state index contributed by atoms with van der Waals surface area (Å²) < 4.78 is 4.94. The molecule has 20 heavy (non-hydrogen) atoms. The Labute approximate surface area is 120 Å². The number of nitrogens with one attached hydrogen (secondary N) is 1. The van der Waals surface area contributed by atoms with Gasteiger partial charge in [0, 0.05) is 5.69 Å². The van der Waals surface area contributed by atoms with Crippen LogP contribution in [-0.4, -0.2) is 18.5 Å². The van der Waals surface area contributed by atoms with E-state index in [9.17, 15) is 9.59 Å². The van der Waals surface area contributed by atoms with E-state index in [1.54, 1.807) is 6.92 Å². The summed E-state index contributed by atoms with van der Waals surface area (Å²) in [5.74, 6) is -0.374. The molecule has 1 N–H and O–H groups in total. The first-order valence-electron chi connectivity index (χ1n) is 7.00. The fraction of sp³-hybridized carbons (Fsp3) is 0.500. The van der Waals surface area contributed by atoms with Crippen molar-refractivity contribution >= 4 is 17.6 Å². The van der Waals surface area contributed by atoms with Crippen molar-refractivity contribution in [1.82, 2.24) is 0 Å². The van der Waals surface area contributed by atoms with Gasteiger partial charge in [-0.2, -0.15) is 0 Å². The van der Waals surface area contributed by atoms with E-state index in [-0.39, 0.29) is 24.4 Å². The first kappa shape index (κ1) is 16.2. The van der Waals surface area contributed by atoms with Crippen LogP contribution < -0.4 is 5.32 Å². The van der Waals surface area contributed by atoms with Gasteiger partial charge in [-0.1, -0.05) is 39.8 Å². The van der Waals surface area contributed by atoms with Gasteiger partial charge in [0.05, 0.1) is 5.92 Å². The maximum atomic E-state index is 11.7. The predicted octanol–water partition coefficient (Wildman–Crippen LogP) is 3.34. The van der Waals surface area contributed by atoms with Crippen molar-refractivity contribution in [1.29, 1.82) is 0 Å². The van der Waals surface area contributed by atoms with E-state index in [0.29, 0.717) is 18.0 Å². The molecule has 4 nitrogen and oxygen atoms in total. The number of benzene rings is 1. The van der Waals surface area contributed by atoms with Crippen LogP contribution in [0, 0.1) is 5.92 Å². The van der Waals surface area contributed by atoms with Crippen LogP contribution in [0.15, 0.2) is 24.3 Å². The Hall–Kier alpha value is -1.84. The van der Waals surface area contributed by atoms with E-state index in [1.165, 1.54) is 5.56 Å². The van der Waals surface area contributed by atoms with Gasteiger partial charge in [0.2, 0.25) is 0 Å². The van der Waals surface area contributed by atoms with Crippen LogP contribution in [0.2, 0.25) is 0 Å². The van der Waals surface area contributed by atoms with Gasteiger partial charge in [0.1, 0.15) is 0 Å². The smallest absolute Gasteiger partial charge is 0.309 e. The molecule has 1 aromatic carbocycles. The van der Waals surface area contributed by atoms with E-state index in [2.05, 4.69) is 19.2 Å². The summed E-state index contributed by atoms with van der Waals surface area (Å²) >= 11 is 0. The van der Waals surface area contributed by atoms with Crippen molar-refractivity contribution in [3.63, 3.8) is 0 Å². The Morgan fingerprint density at radius 2 is 1.75 bits per heavy atom. The van der Waals surface area contributed by atoms with Crippen molar-refractivity contribution in [2.24, 2.45) is 5.92 Å². The van der Waals surface area contributed by atoms with E-state index in [0.717, 1.165) is 0 Å². The van der Waals surface area contributed by atoms with Crippen molar-refractivity contribution in [2.75, 3.05) is 11.9 Å². The quantitative estimate of drug-likeness (QED) is 0.811. The number of rotatable bonds is 6. The summed E-state index contributed by atoms with van der Waals surface area (Å²) in [5, 5.41) is 2.70. The SMILES string of the molecule is CCC(C)C(=O)OCC(=O)Nc1ccc(C(C)C)cc1. The molecule has 0 radical (unpaired) electrons. The molecule has 1 amide bonds. The second-order valence-corrected chi connectivity index (χ2v) is 5.24. The largest absolute Gasteiger partial charge is 0.455 e. The van der Waals surface area contributed by atoms with Crippen molar-refractivity contribution in [3.05, 3.63) is 29.8 Å². The summed E-state index contributed by atoms with van der Waals surface area (Å²) in [5.41, 5.74) is 1.92. The molecule has 0 aliphatic rings. The minimum absolute atomic E-state index is 0.173. The third-order valence-corrected chi connectivity index (χ3v) is 3.22. The lowest BCUT2D eigenvalue weighted by Crippen LogP contribution is -2.23. The van der Waals surface area contributed by atoms with Gasteiger partial charge in [-0.05, 0) is 30.0 Å². The van der Waals surface area contributed by atoms with Gasteiger partial charge in [-0.3, -0.25) is 9.59 Å². The van der Waals surface area contributed by atoms with Crippen LogP contribution in [0.25, 0.3) is 0 Å². The maximum absolute atomic E-state index is 11.7. The second kappa shape index (κ2) is 7.68. The lowest BCUT2D eigenvalue weighted by Gasteiger charge is -2.10. The summed E-state index contributed by atoms with van der Waals surface area (Å²) in [6.45, 7) is 7.67. The van der Waals surface area contributed by atoms with E-state index < -0.39 is 0 Å². The number of anilines is 1. The lowest BCUT2D eigenvalue weighted by molar-refractivity contribution is -0.151. The molecule has 110 valence electrons. The number of hydrogen-bond donors (Lipinski definition) is 1. The van der Waals surface area contributed by atoms with Gasteiger partial charge < -0.3 is 10.1 Å². The third-order valence-electron chi connectivity index (χ3n) is 3.22. The lowest BCUT2D eigenvalue weighted by atomic mass is 10.0. The standard InChI is InChI=1S/C16H23NO3/c1-5-12(4)16(19)20-10-15(18)17-14-8-6-13(7-9-14)11(2)3/h6-9,11-12H,5,10H2,1-4H3,(H,17,18). The summed E-state index contributed by atoms with van der Waals surface area (Å²) in [6, 6.07) is 7.66. The highest BCUT2D eigenvalue weighted by Crippen LogP contribution is 2.17. The zero-order valence-electron chi connectivity index (χ0n) is 12.6. The Morgan fingerprint density at radius 1 is 1.15 bits per heavy atom. The van der Waals surface area contributed by atoms with Crippen molar-refractivity contribution in [2.45, 2.75) is 40.0 Å². The highest BCUT2D eigenvalue weighted by Gasteiger charge is 2.13. The molecule has 0 spiro atoms. The minimum Gasteiger partial charge on any atom is -0.455 e. The molecule has 1 rings (SSSR count). The first-order chi connectivity index (χ1) is 9.43. The zero-order chi connectivity index (χ0) is 15.1. The molecule has 1 unspecified atom stereocenters. The molecule has 0 bridgehead atoms. The number of carbonyl (C=O) groups is 2. The Kier molecular flexibility index (Phi) is 6.22. The van der Waals surface area contributed by atoms with E-state index >= 15 is 0 Å². The number of esters is 1. The zero-order valence-corrected chi connectivity index (χ0v) is 12.6. The van der Waals surface area contributed by atoms with Crippen molar-refractivity contribution < 1.29 is 14.3 Å². The monoisotopic (exact) mass is 277 g/mol. The Balaban J connectivity index is 2.44. The van der Waals surface area contributed by atoms with Crippen LogP contribution in [-0.2, 0) is 14.3 Å². The Bertz CT molecular complexity index is 451. The normalized spacial score (nSPS) is 12.1. The minimum atomic E-state index is -0.335. The topological polar surface area (TPSA) is 55.4 Å². The molecule has 0 aliphatic heterocycles. The Morgan fingerprint density at radius 3 is 2.25 bits per heavy atom. The molecule has 0 saturated heterocycles. The van der Waals surface area contributed by atoms with Crippen molar-refractivity contribution in [3.8, 4) is 0 Å². The van der Waals surface area contributed by atoms with Crippen LogP contribution >= 0.6 is 0 Å². The van der Waals surface area contributed by atoms with Crippen LogP contribution in [0.1, 0.15) is 45.6 Å². The average Bonchev–Trinajstić information content (AvgIpc) is 2.44. The molecule has 0 saturated carbocycles. The molecular formula is C16H23NO3. The van der Waals surface area contributed by atoms with Gasteiger partial charge in [0.15, 0.2) is 6.61 Å². The molecule has 1 aromatic rings. The fourth-order valence-electron chi connectivity index (χ4n) is 1.59. The summed E-state index contributed by atoms with van der Waals surface area (Å²) in [7, 11) is 0. The summed E-state index contributed by atoms with van der Waals surface area (Å²) in [6.07, 6.45) is 0.705. The van der Waals surface area contributed by atoms with Crippen LogP contribution in [0.3, 0.4) is 0 Å². The second-order valence-electron chi connectivity index (χ2n) is 5.24. The molecule has 4 heteroatoms. The molecule has 0 aromatic heterocycles. The molecule has 0 fully saturated rings. The number of amides is 1. The summed E-state index contributed by atoms with van der Waals surface area (Å²) in [4.78, 5) is 23.1. The fourth-order valence-corrected chi connectivity index (χ4v) is 1.59. The predicted molar refractivity (Wildman–Crippen MR) is 79.6 cm³/mol.